The van der Waals surface area contributed by atoms with Gasteiger partial charge in [-0.3, -0.25) is 4.98 Å². The van der Waals surface area contributed by atoms with E-state index in [4.69, 9.17) is 0 Å². The van der Waals surface area contributed by atoms with Gasteiger partial charge in [0.1, 0.15) is 6.29 Å². The van der Waals surface area contributed by atoms with Gasteiger partial charge in [0, 0.05) is 23.7 Å². The molecule has 2 heteroatoms. The number of nitrogens with zero attached hydrogens (tertiary/aromatic N) is 1. The average molecular weight is 171 g/mol. The molecule has 0 aliphatic heterocycles. The number of aromatic nitrogens is 1. The standard InChI is InChI=1S/C11H9NO/c13-6-5-11-7-9-3-1-2-4-10(9)8-12-11/h1-4,6-8H,5H2. The van der Waals surface area contributed by atoms with Gasteiger partial charge in [-0.2, -0.15) is 0 Å². The van der Waals surface area contributed by atoms with Crippen molar-refractivity contribution in [3.05, 3.63) is 42.2 Å². The monoisotopic (exact) mass is 171 g/mol. The highest BCUT2D eigenvalue weighted by Gasteiger charge is 1.95. The summed E-state index contributed by atoms with van der Waals surface area (Å²) in [5.41, 5.74) is 0.828. The van der Waals surface area contributed by atoms with Crippen LogP contribution in [-0.2, 0) is 11.2 Å². The van der Waals surface area contributed by atoms with Crippen molar-refractivity contribution in [2.45, 2.75) is 6.42 Å². The van der Waals surface area contributed by atoms with Crippen LogP contribution in [0.2, 0.25) is 0 Å². The summed E-state index contributed by atoms with van der Waals surface area (Å²) in [6.07, 6.45) is 3.07. The summed E-state index contributed by atoms with van der Waals surface area (Å²) >= 11 is 0. The van der Waals surface area contributed by atoms with E-state index >= 15 is 0 Å². The fourth-order valence-corrected chi connectivity index (χ4v) is 1.33. The lowest BCUT2D eigenvalue weighted by atomic mass is 10.1. The Bertz CT molecular complexity index is 437. The molecule has 0 N–H and O–H groups in total. The van der Waals surface area contributed by atoms with Crippen LogP contribution in [0.4, 0.5) is 0 Å². The molecule has 2 nitrogen and oxygen atoms in total. The van der Waals surface area contributed by atoms with E-state index < -0.39 is 0 Å². The Morgan fingerprint density at radius 3 is 2.77 bits per heavy atom. The smallest absolute Gasteiger partial charge is 0.125 e. The van der Waals surface area contributed by atoms with Crippen molar-refractivity contribution >= 4 is 17.1 Å². The summed E-state index contributed by atoms with van der Waals surface area (Å²) in [4.78, 5) is 14.4. The predicted molar refractivity (Wildman–Crippen MR) is 51.5 cm³/mol. The van der Waals surface area contributed by atoms with E-state index in [1.807, 2.05) is 30.3 Å². The molecular weight excluding hydrogens is 162 g/mol. The maximum atomic E-state index is 10.3. The van der Waals surface area contributed by atoms with Crippen LogP contribution < -0.4 is 0 Å². The molecule has 64 valence electrons. The van der Waals surface area contributed by atoms with Crippen molar-refractivity contribution in [1.82, 2.24) is 4.98 Å². The molecule has 0 unspecified atom stereocenters. The quantitative estimate of drug-likeness (QED) is 0.646. The average Bonchev–Trinajstić information content (AvgIpc) is 2.18. The first-order valence-electron chi connectivity index (χ1n) is 4.17. The van der Waals surface area contributed by atoms with Gasteiger partial charge in [-0.1, -0.05) is 24.3 Å². The zero-order valence-electron chi connectivity index (χ0n) is 7.10. The van der Waals surface area contributed by atoms with Crippen molar-refractivity contribution < 1.29 is 4.79 Å². The number of benzene rings is 1. The molecule has 0 saturated heterocycles. The van der Waals surface area contributed by atoms with Gasteiger partial charge in [-0.05, 0) is 11.5 Å². The van der Waals surface area contributed by atoms with Gasteiger partial charge < -0.3 is 4.79 Å². The number of fused-ring (bicyclic) bond motifs is 1. The highest BCUT2D eigenvalue weighted by Crippen LogP contribution is 2.12. The third kappa shape index (κ3) is 1.56. The number of aldehydes is 1. The summed E-state index contributed by atoms with van der Waals surface area (Å²) in [6.45, 7) is 0. The van der Waals surface area contributed by atoms with E-state index in [9.17, 15) is 4.79 Å². The van der Waals surface area contributed by atoms with Crippen molar-refractivity contribution in [3.8, 4) is 0 Å². The minimum Gasteiger partial charge on any atom is -0.303 e. The summed E-state index contributed by atoms with van der Waals surface area (Å²) in [5.74, 6) is 0. The minimum absolute atomic E-state index is 0.394. The fourth-order valence-electron chi connectivity index (χ4n) is 1.33. The van der Waals surface area contributed by atoms with E-state index in [0.29, 0.717) is 6.42 Å². The SMILES string of the molecule is O=CCc1cc2ccccc2cn1. The lowest BCUT2D eigenvalue weighted by Gasteiger charge is -1.98. The second-order valence-corrected chi connectivity index (χ2v) is 2.89. The summed E-state index contributed by atoms with van der Waals surface area (Å²) < 4.78 is 0. The molecule has 0 amide bonds. The molecule has 2 aromatic rings. The Kier molecular flexibility index (Phi) is 2.04. The molecular formula is C11H9NO. The van der Waals surface area contributed by atoms with Gasteiger partial charge in [-0.15, -0.1) is 0 Å². The Morgan fingerprint density at radius 2 is 2.00 bits per heavy atom. The molecule has 1 heterocycles. The second-order valence-electron chi connectivity index (χ2n) is 2.89. The number of carbonyl (C=O) groups is 1. The molecule has 1 aromatic heterocycles. The molecule has 2 rings (SSSR count). The number of hydrogen-bond acceptors (Lipinski definition) is 2. The third-order valence-corrected chi connectivity index (χ3v) is 1.98. The van der Waals surface area contributed by atoms with Crippen LogP contribution in [0.1, 0.15) is 5.69 Å². The van der Waals surface area contributed by atoms with Gasteiger partial charge in [0.05, 0.1) is 0 Å². The van der Waals surface area contributed by atoms with E-state index in [1.165, 1.54) is 0 Å². The topological polar surface area (TPSA) is 30.0 Å². The Labute approximate surface area is 76.2 Å². The van der Waals surface area contributed by atoms with Crippen LogP contribution >= 0.6 is 0 Å². The van der Waals surface area contributed by atoms with Crippen molar-refractivity contribution in [2.75, 3.05) is 0 Å². The molecule has 0 radical (unpaired) electrons. The fraction of sp³-hybridized carbons (Fsp3) is 0.0909. The highest BCUT2D eigenvalue weighted by atomic mass is 16.1. The van der Waals surface area contributed by atoms with Crippen molar-refractivity contribution in [1.29, 1.82) is 0 Å². The first-order chi connectivity index (χ1) is 6.40. The van der Waals surface area contributed by atoms with Crippen LogP contribution in [0.15, 0.2) is 36.5 Å². The van der Waals surface area contributed by atoms with E-state index in [2.05, 4.69) is 4.98 Å². The maximum absolute atomic E-state index is 10.3. The van der Waals surface area contributed by atoms with Crippen LogP contribution in [0.3, 0.4) is 0 Å². The summed E-state index contributed by atoms with van der Waals surface area (Å²) in [7, 11) is 0. The predicted octanol–water partition coefficient (Wildman–Crippen LogP) is 1.98. The summed E-state index contributed by atoms with van der Waals surface area (Å²) in [5, 5.41) is 2.24. The largest absolute Gasteiger partial charge is 0.303 e. The molecule has 0 atom stereocenters. The lowest BCUT2D eigenvalue weighted by Crippen LogP contribution is -1.89. The van der Waals surface area contributed by atoms with Crippen LogP contribution in [-0.4, -0.2) is 11.3 Å². The summed E-state index contributed by atoms with van der Waals surface area (Å²) in [6, 6.07) is 9.93. The zero-order valence-corrected chi connectivity index (χ0v) is 7.10. The molecule has 0 fully saturated rings. The Balaban J connectivity index is 2.55. The van der Waals surface area contributed by atoms with Crippen LogP contribution in [0.5, 0.6) is 0 Å². The number of rotatable bonds is 2. The molecule has 1 aromatic carbocycles. The molecule has 13 heavy (non-hydrogen) atoms. The van der Waals surface area contributed by atoms with Crippen molar-refractivity contribution in [2.24, 2.45) is 0 Å². The van der Waals surface area contributed by atoms with E-state index in [0.717, 1.165) is 22.8 Å². The van der Waals surface area contributed by atoms with Crippen LogP contribution in [0.25, 0.3) is 10.8 Å². The van der Waals surface area contributed by atoms with Crippen LogP contribution in [0, 0.1) is 0 Å². The highest BCUT2D eigenvalue weighted by molar-refractivity contribution is 5.82. The molecule has 0 aliphatic rings. The lowest BCUT2D eigenvalue weighted by molar-refractivity contribution is -0.107. The third-order valence-electron chi connectivity index (χ3n) is 1.98. The van der Waals surface area contributed by atoms with Gasteiger partial charge in [0.2, 0.25) is 0 Å². The zero-order chi connectivity index (χ0) is 9.10. The van der Waals surface area contributed by atoms with Gasteiger partial charge in [0.15, 0.2) is 0 Å². The molecule has 0 spiro atoms. The first-order valence-corrected chi connectivity index (χ1v) is 4.17. The Hall–Kier alpha value is -1.70. The van der Waals surface area contributed by atoms with E-state index in [1.54, 1.807) is 6.20 Å². The second kappa shape index (κ2) is 3.35. The molecule has 0 aliphatic carbocycles. The minimum atomic E-state index is 0.394. The number of hydrogen-bond donors (Lipinski definition) is 0. The number of carbonyl (C=O) groups excluding carboxylic acids is 1. The molecule has 0 saturated carbocycles. The normalized spacial score (nSPS) is 10.2. The Morgan fingerprint density at radius 1 is 1.23 bits per heavy atom. The number of pyridine rings is 1. The van der Waals surface area contributed by atoms with Gasteiger partial charge in [-0.25, -0.2) is 0 Å². The van der Waals surface area contributed by atoms with Gasteiger partial charge >= 0.3 is 0 Å². The van der Waals surface area contributed by atoms with E-state index in [-0.39, 0.29) is 0 Å². The first kappa shape index (κ1) is 7.92. The maximum Gasteiger partial charge on any atom is 0.125 e. The van der Waals surface area contributed by atoms with Crippen molar-refractivity contribution in [3.63, 3.8) is 0 Å². The molecule has 0 bridgehead atoms. The van der Waals surface area contributed by atoms with Gasteiger partial charge in [0.25, 0.3) is 0 Å².